The van der Waals surface area contributed by atoms with E-state index in [1.54, 1.807) is 24.7 Å². The summed E-state index contributed by atoms with van der Waals surface area (Å²) in [6.07, 6.45) is 9.06. The van der Waals surface area contributed by atoms with Gasteiger partial charge >= 0.3 is 11.7 Å². The van der Waals surface area contributed by atoms with Crippen molar-refractivity contribution in [1.82, 2.24) is 29.9 Å². The minimum atomic E-state index is -0.937. The van der Waals surface area contributed by atoms with Gasteiger partial charge in [0.2, 0.25) is 5.91 Å². The monoisotopic (exact) mass is 886 g/mol. The first-order valence-corrected chi connectivity index (χ1v) is 23.6. The number of carbonyl (C=O) groups excluding carboxylic acids is 2. The van der Waals surface area contributed by atoms with Crippen LogP contribution in [0.3, 0.4) is 0 Å². The molecule has 0 spiro atoms. The van der Waals surface area contributed by atoms with Gasteiger partial charge in [-0.25, -0.2) is 14.3 Å². The van der Waals surface area contributed by atoms with Crippen LogP contribution in [0.15, 0.2) is 58.4 Å². The van der Waals surface area contributed by atoms with Gasteiger partial charge in [-0.15, -0.1) is 5.10 Å². The van der Waals surface area contributed by atoms with E-state index >= 15 is 0 Å². The van der Waals surface area contributed by atoms with E-state index in [1.807, 2.05) is 30.3 Å². The van der Waals surface area contributed by atoms with Crippen molar-refractivity contribution in [3.8, 4) is 0 Å². The summed E-state index contributed by atoms with van der Waals surface area (Å²) in [5.41, 5.74) is 0.0931. The molecule has 6 aliphatic rings. The molecule has 16 heteroatoms. The third-order valence-electron chi connectivity index (χ3n) is 16.8. The SMILES string of the molecule is CC(CCC(=O)N[C@@H](Cc1ccccc1)C(=O)OCc1cn(CC2OC(n3ccc(=O)[nH]c3=O)[C@@H]3OC(C)(C)O[C@H]23)nn1)[C@H]1CCC2C3CCC4C[C@H](O)CC[C@]4(C)C3C[C@H](O)[C@@]21C. The number of rotatable bonds is 13. The lowest BCUT2D eigenvalue weighted by molar-refractivity contribution is -0.198. The maximum absolute atomic E-state index is 13.7. The van der Waals surface area contributed by atoms with Crippen LogP contribution in [-0.2, 0) is 48.1 Å². The summed E-state index contributed by atoms with van der Waals surface area (Å²) in [6.45, 7) is 10.6. The number of aliphatic hydroxyl groups excluding tert-OH is 2. The van der Waals surface area contributed by atoms with Gasteiger partial charge in [0.25, 0.3) is 5.56 Å². The van der Waals surface area contributed by atoms with Gasteiger partial charge < -0.3 is 34.5 Å². The summed E-state index contributed by atoms with van der Waals surface area (Å²) < 4.78 is 27.1. The number of benzene rings is 1. The van der Waals surface area contributed by atoms with Crippen LogP contribution in [0.2, 0.25) is 0 Å². The number of fused-ring (bicyclic) bond motifs is 6. The zero-order chi connectivity index (χ0) is 45.1. The molecule has 2 aromatic heterocycles. The Morgan fingerprint density at radius 2 is 1.77 bits per heavy atom. The van der Waals surface area contributed by atoms with E-state index in [2.05, 4.69) is 41.4 Å². The molecule has 64 heavy (non-hydrogen) atoms. The summed E-state index contributed by atoms with van der Waals surface area (Å²) in [4.78, 5) is 54.1. The summed E-state index contributed by atoms with van der Waals surface area (Å²) in [5, 5.41) is 34.0. The highest BCUT2D eigenvalue weighted by molar-refractivity contribution is 5.84. The van der Waals surface area contributed by atoms with Crippen LogP contribution in [0.4, 0.5) is 0 Å². The van der Waals surface area contributed by atoms with Gasteiger partial charge in [-0.3, -0.25) is 19.1 Å². The average molecular weight is 887 g/mol. The van der Waals surface area contributed by atoms with Crippen molar-refractivity contribution >= 4 is 11.9 Å². The Labute approximate surface area is 373 Å². The predicted molar refractivity (Wildman–Crippen MR) is 232 cm³/mol. The molecule has 15 atom stereocenters. The number of ether oxygens (including phenoxy) is 4. The van der Waals surface area contributed by atoms with Gasteiger partial charge in [0, 0.05) is 25.1 Å². The molecule has 9 rings (SSSR count). The van der Waals surface area contributed by atoms with E-state index in [0.717, 1.165) is 44.1 Å². The molecule has 4 saturated carbocycles. The summed E-state index contributed by atoms with van der Waals surface area (Å²) >= 11 is 0. The second-order valence-electron chi connectivity index (χ2n) is 20.9. The van der Waals surface area contributed by atoms with Crippen molar-refractivity contribution < 1.29 is 38.7 Å². The van der Waals surface area contributed by atoms with Crippen LogP contribution in [0.5, 0.6) is 0 Å². The lowest BCUT2D eigenvalue weighted by Gasteiger charge is -2.62. The van der Waals surface area contributed by atoms with E-state index in [1.165, 1.54) is 29.7 Å². The number of hydrogen-bond acceptors (Lipinski definition) is 12. The number of nitrogens with one attached hydrogen (secondary N) is 2. The van der Waals surface area contributed by atoms with Crippen LogP contribution in [0.25, 0.3) is 0 Å². The highest BCUT2D eigenvalue weighted by Crippen LogP contribution is 2.68. The molecule has 4 aliphatic carbocycles. The second-order valence-corrected chi connectivity index (χ2v) is 20.9. The molecule has 2 saturated heterocycles. The zero-order valence-electron chi connectivity index (χ0n) is 37.8. The molecule has 7 unspecified atom stereocenters. The highest BCUT2D eigenvalue weighted by atomic mass is 16.8. The largest absolute Gasteiger partial charge is 0.457 e. The van der Waals surface area contributed by atoms with E-state index < -0.39 is 59.7 Å². The minimum absolute atomic E-state index is 0.177. The fourth-order valence-corrected chi connectivity index (χ4v) is 13.6. The van der Waals surface area contributed by atoms with Crippen molar-refractivity contribution in [2.24, 2.45) is 46.3 Å². The van der Waals surface area contributed by atoms with Crippen molar-refractivity contribution in [1.29, 1.82) is 0 Å². The Morgan fingerprint density at radius 1 is 0.984 bits per heavy atom. The standard InChI is InChI=1S/C48H66N6O10/c1-27(33-14-15-34-32-13-12-29-22-31(55)17-19-47(29,4)35(32)23-38(56)48(33,34)5)11-16-39(57)49-36(21-28-9-7-6-8-10-28)44(59)61-26-30-24-53(52-51-30)25-37-41-42(64-46(2,3)63-41)43(62-37)54-20-18-40(58)50-45(54)60/h6-10,18,20,24,27,29,31-38,41-43,55-56H,11-17,19,21-23,25-26H2,1-5H3,(H,49,57)(H,50,58,60)/t27?,29?,31-,32?,33-,34?,35?,36+,37?,38+,41-,42-,43?,47+,48-/m1/s1. The predicted octanol–water partition coefficient (Wildman–Crippen LogP) is 4.42. The molecule has 348 valence electrons. The quantitative estimate of drug-likeness (QED) is 0.176. The molecule has 0 radical (unpaired) electrons. The first-order valence-electron chi connectivity index (χ1n) is 23.6. The Bertz CT molecular complexity index is 2280. The maximum Gasteiger partial charge on any atom is 0.330 e. The summed E-state index contributed by atoms with van der Waals surface area (Å²) in [5.74, 6) is 0.840. The van der Waals surface area contributed by atoms with Crippen molar-refractivity contribution in [3.05, 3.63) is 80.9 Å². The van der Waals surface area contributed by atoms with Crippen LogP contribution in [0, 0.1) is 46.3 Å². The normalized spacial score (nSPS) is 37.1. The molecule has 1 aromatic carbocycles. The number of aliphatic hydroxyl groups is 2. The fourth-order valence-electron chi connectivity index (χ4n) is 13.6. The van der Waals surface area contributed by atoms with Gasteiger partial charge in [0.15, 0.2) is 12.0 Å². The number of hydrogen-bond donors (Lipinski definition) is 4. The van der Waals surface area contributed by atoms with Gasteiger partial charge in [0.1, 0.15) is 36.7 Å². The Morgan fingerprint density at radius 3 is 2.55 bits per heavy atom. The molecule has 0 bridgehead atoms. The molecule has 4 heterocycles. The van der Waals surface area contributed by atoms with Gasteiger partial charge in [-0.2, -0.15) is 0 Å². The van der Waals surface area contributed by atoms with E-state index in [4.69, 9.17) is 18.9 Å². The third-order valence-corrected chi connectivity index (χ3v) is 16.8. The molecule has 1 amide bonds. The molecular weight excluding hydrogens is 821 g/mol. The van der Waals surface area contributed by atoms with E-state index in [9.17, 15) is 29.4 Å². The molecule has 3 aromatic rings. The minimum Gasteiger partial charge on any atom is -0.457 e. The highest BCUT2D eigenvalue weighted by Gasteiger charge is 2.64. The van der Waals surface area contributed by atoms with Crippen molar-refractivity contribution in [2.45, 2.75) is 167 Å². The van der Waals surface area contributed by atoms with Crippen LogP contribution < -0.4 is 16.6 Å². The Balaban J connectivity index is 0.806. The van der Waals surface area contributed by atoms with Gasteiger partial charge in [0.05, 0.1) is 24.9 Å². The number of nitrogens with zero attached hydrogens (tertiary/aromatic N) is 4. The second kappa shape index (κ2) is 17.5. The number of carbonyl (C=O) groups is 2. The van der Waals surface area contributed by atoms with E-state index in [0.29, 0.717) is 41.7 Å². The van der Waals surface area contributed by atoms with Gasteiger partial charge in [-0.1, -0.05) is 56.3 Å². The lowest BCUT2D eigenvalue weighted by atomic mass is 9.43. The number of esters is 1. The van der Waals surface area contributed by atoms with Gasteiger partial charge in [-0.05, 0) is 124 Å². The maximum atomic E-state index is 13.7. The number of amides is 1. The lowest BCUT2D eigenvalue weighted by Crippen LogP contribution is -2.58. The van der Waals surface area contributed by atoms with Crippen LogP contribution in [0.1, 0.15) is 116 Å². The fraction of sp³-hybridized carbons (Fsp3) is 0.708. The topological polar surface area (TPSA) is 209 Å². The van der Waals surface area contributed by atoms with Crippen molar-refractivity contribution in [3.63, 3.8) is 0 Å². The number of H-pyrrole nitrogens is 1. The smallest absolute Gasteiger partial charge is 0.330 e. The zero-order valence-corrected chi connectivity index (χ0v) is 37.8. The van der Waals surface area contributed by atoms with E-state index in [-0.39, 0.29) is 54.8 Å². The van der Waals surface area contributed by atoms with Crippen molar-refractivity contribution in [2.75, 3.05) is 0 Å². The third kappa shape index (κ3) is 8.53. The average Bonchev–Trinajstić information content (AvgIpc) is 4.02. The first kappa shape index (κ1) is 45.0. The molecule has 4 N–H and O–H groups in total. The summed E-state index contributed by atoms with van der Waals surface area (Å²) in [6, 6.07) is 9.82. The van der Waals surface area contributed by atoms with Crippen LogP contribution in [-0.4, -0.2) is 89.0 Å². The number of aromatic amines is 1. The molecule has 2 aliphatic heterocycles. The molecule has 16 nitrogen and oxygen atoms in total. The number of aromatic nitrogens is 5. The summed E-state index contributed by atoms with van der Waals surface area (Å²) in [7, 11) is 0. The first-order chi connectivity index (χ1) is 30.5. The molecular formula is C48H66N6O10. The van der Waals surface area contributed by atoms with Crippen LogP contribution >= 0.6 is 0 Å². The molecule has 6 fully saturated rings. The Hall–Kier alpha value is -4.22. The Kier molecular flexibility index (Phi) is 12.3.